The maximum Gasteiger partial charge on any atom is 0.119 e. The summed E-state index contributed by atoms with van der Waals surface area (Å²) in [7, 11) is 0. The highest BCUT2D eigenvalue weighted by Gasteiger charge is 2.14. The topological polar surface area (TPSA) is 41.5 Å². The molecule has 2 rings (SSSR count). The number of aliphatic hydroxyl groups excluding tert-OH is 1. The molecular weight excluding hydrogens is 226 g/mol. The molecule has 0 aliphatic heterocycles. The molecule has 0 amide bonds. The molecule has 1 unspecified atom stereocenters. The average Bonchev–Trinajstić information content (AvgIpc) is 2.45. The van der Waals surface area contributed by atoms with Gasteiger partial charge in [-0.15, -0.1) is 0 Å². The summed E-state index contributed by atoms with van der Waals surface area (Å²) in [4.78, 5) is 0. The summed E-state index contributed by atoms with van der Waals surface area (Å²) in [6.45, 7) is 0.973. The van der Waals surface area contributed by atoms with Gasteiger partial charge in [0.15, 0.2) is 0 Å². The number of aliphatic hydroxyl groups is 1. The van der Waals surface area contributed by atoms with Crippen molar-refractivity contribution >= 4 is 0 Å². The van der Waals surface area contributed by atoms with Crippen LogP contribution in [0.4, 0.5) is 0 Å². The van der Waals surface area contributed by atoms with Crippen LogP contribution >= 0.6 is 0 Å². The minimum Gasteiger partial charge on any atom is -0.491 e. The van der Waals surface area contributed by atoms with Crippen LogP contribution in [0.2, 0.25) is 0 Å². The number of benzene rings is 1. The first kappa shape index (κ1) is 13.4. The van der Waals surface area contributed by atoms with Crippen LogP contribution in [0, 0.1) is 0 Å². The molecule has 1 atom stereocenters. The van der Waals surface area contributed by atoms with Crippen molar-refractivity contribution in [1.29, 1.82) is 0 Å². The second kappa shape index (κ2) is 7.39. The third kappa shape index (κ3) is 4.67. The minimum absolute atomic E-state index is 0.351. The van der Waals surface area contributed by atoms with E-state index in [1.807, 2.05) is 30.3 Å². The summed E-state index contributed by atoms with van der Waals surface area (Å²) in [5.74, 6) is 0.814. The molecule has 1 aliphatic rings. The smallest absolute Gasteiger partial charge is 0.119 e. The van der Waals surface area contributed by atoms with Crippen LogP contribution in [-0.4, -0.2) is 30.4 Å². The predicted octanol–water partition coefficient (Wildman–Crippen LogP) is 2.35. The van der Waals surface area contributed by atoms with Gasteiger partial charge in [-0.3, -0.25) is 0 Å². The van der Waals surface area contributed by atoms with Crippen molar-refractivity contribution in [2.75, 3.05) is 13.2 Å². The number of rotatable bonds is 6. The number of ether oxygens (including phenoxy) is 1. The van der Waals surface area contributed by atoms with Crippen molar-refractivity contribution < 1.29 is 9.84 Å². The number of nitrogens with one attached hydrogen (secondary N) is 1. The SMILES string of the molecule is OC(CNC1CCCCC1)COc1ccccc1. The van der Waals surface area contributed by atoms with E-state index in [4.69, 9.17) is 4.74 Å². The number of hydrogen-bond donors (Lipinski definition) is 2. The third-order valence-corrected chi connectivity index (χ3v) is 3.43. The summed E-state index contributed by atoms with van der Waals surface area (Å²) < 4.78 is 5.52. The van der Waals surface area contributed by atoms with Gasteiger partial charge < -0.3 is 15.2 Å². The second-order valence-corrected chi connectivity index (χ2v) is 5.02. The Bertz CT molecular complexity index is 323. The Morgan fingerprint density at radius 1 is 1.17 bits per heavy atom. The fourth-order valence-electron chi connectivity index (χ4n) is 2.38. The van der Waals surface area contributed by atoms with Gasteiger partial charge >= 0.3 is 0 Å². The van der Waals surface area contributed by atoms with Crippen LogP contribution in [0.3, 0.4) is 0 Å². The first-order valence-electron chi connectivity index (χ1n) is 6.94. The van der Waals surface area contributed by atoms with Crippen molar-refractivity contribution in [1.82, 2.24) is 5.32 Å². The molecule has 0 bridgehead atoms. The summed E-state index contributed by atoms with van der Waals surface area (Å²) in [6.07, 6.45) is 6.03. The van der Waals surface area contributed by atoms with Gasteiger partial charge in [-0.25, -0.2) is 0 Å². The van der Waals surface area contributed by atoms with E-state index in [9.17, 15) is 5.11 Å². The van der Waals surface area contributed by atoms with Crippen LogP contribution in [-0.2, 0) is 0 Å². The zero-order valence-corrected chi connectivity index (χ0v) is 10.8. The first-order valence-corrected chi connectivity index (χ1v) is 6.94. The van der Waals surface area contributed by atoms with Gasteiger partial charge in [-0.05, 0) is 25.0 Å². The molecule has 1 fully saturated rings. The molecule has 2 N–H and O–H groups in total. The second-order valence-electron chi connectivity index (χ2n) is 5.02. The highest BCUT2D eigenvalue weighted by molar-refractivity contribution is 5.20. The van der Waals surface area contributed by atoms with Gasteiger partial charge in [-0.2, -0.15) is 0 Å². The van der Waals surface area contributed by atoms with E-state index in [1.165, 1.54) is 32.1 Å². The Labute approximate surface area is 109 Å². The molecule has 1 saturated carbocycles. The maximum absolute atomic E-state index is 9.85. The lowest BCUT2D eigenvalue weighted by Gasteiger charge is -2.24. The normalized spacial score (nSPS) is 18.5. The Kier molecular flexibility index (Phi) is 5.49. The minimum atomic E-state index is -0.438. The predicted molar refractivity (Wildman–Crippen MR) is 72.8 cm³/mol. The number of para-hydroxylation sites is 1. The molecule has 1 aromatic carbocycles. The van der Waals surface area contributed by atoms with E-state index < -0.39 is 6.10 Å². The molecule has 100 valence electrons. The highest BCUT2D eigenvalue weighted by atomic mass is 16.5. The van der Waals surface area contributed by atoms with Gasteiger partial charge in [0.2, 0.25) is 0 Å². The molecule has 0 saturated heterocycles. The van der Waals surface area contributed by atoms with E-state index in [2.05, 4.69) is 5.32 Å². The van der Waals surface area contributed by atoms with Crippen molar-refractivity contribution in [3.05, 3.63) is 30.3 Å². The van der Waals surface area contributed by atoms with E-state index >= 15 is 0 Å². The fraction of sp³-hybridized carbons (Fsp3) is 0.600. The van der Waals surface area contributed by atoms with E-state index in [-0.39, 0.29) is 0 Å². The molecule has 0 aromatic heterocycles. The van der Waals surface area contributed by atoms with Gasteiger partial charge in [0.1, 0.15) is 18.5 Å². The summed E-state index contributed by atoms with van der Waals surface area (Å²) in [6, 6.07) is 10.2. The van der Waals surface area contributed by atoms with Gasteiger partial charge in [0, 0.05) is 12.6 Å². The van der Waals surface area contributed by atoms with E-state index in [1.54, 1.807) is 0 Å². The highest BCUT2D eigenvalue weighted by Crippen LogP contribution is 2.17. The lowest BCUT2D eigenvalue weighted by atomic mass is 9.95. The summed E-state index contributed by atoms with van der Waals surface area (Å²) in [5.41, 5.74) is 0. The third-order valence-electron chi connectivity index (χ3n) is 3.43. The monoisotopic (exact) mass is 249 g/mol. The first-order chi connectivity index (χ1) is 8.84. The molecule has 0 radical (unpaired) electrons. The van der Waals surface area contributed by atoms with Gasteiger partial charge in [-0.1, -0.05) is 37.5 Å². The van der Waals surface area contributed by atoms with E-state index in [0.717, 1.165) is 5.75 Å². The van der Waals surface area contributed by atoms with Crippen LogP contribution in [0.15, 0.2) is 30.3 Å². The Balaban J connectivity index is 1.61. The fourth-order valence-corrected chi connectivity index (χ4v) is 2.38. The van der Waals surface area contributed by atoms with Gasteiger partial charge in [0.05, 0.1) is 0 Å². The molecular formula is C15H23NO2. The van der Waals surface area contributed by atoms with Crippen LogP contribution < -0.4 is 10.1 Å². The average molecular weight is 249 g/mol. The Hall–Kier alpha value is -1.06. The van der Waals surface area contributed by atoms with Crippen molar-refractivity contribution in [3.63, 3.8) is 0 Å². The molecule has 1 aliphatic carbocycles. The number of hydrogen-bond acceptors (Lipinski definition) is 3. The Morgan fingerprint density at radius 3 is 2.61 bits per heavy atom. The lowest BCUT2D eigenvalue weighted by Crippen LogP contribution is -2.38. The lowest BCUT2D eigenvalue weighted by molar-refractivity contribution is 0.102. The standard InChI is InChI=1S/C15H23NO2/c17-14(11-16-13-7-3-1-4-8-13)12-18-15-9-5-2-6-10-15/h2,5-6,9-10,13-14,16-17H,1,3-4,7-8,11-12H2. The molecule has 0 heterocycles. The summed E-state index contributed by atoms with van der Waals surface area (Å²) >= 11 is 0. The summed E-state index contributed by atoms with van der Waals surface area (Å²) in [5, 5.41) is 13.3. The van der Waals surface area contributed by atoms with Crippen molar-refractivity contribution in [3.8, 4) is 5.75 Å². The van der Waals surface area contributed by atoms with E-state index in [0.29, 0.717) is 19.2 Å². The van der Waals surface area contributed by atoms with Crippen LogP contribution in [0.5, 0.6) is 5.75 Å². The maximum atomic E-state index is 9.85. The quantitative estimate of drug-likeness (QED) is 0.813. The van der Waals surface area contributed by atoms with Crippen LogP contribution in [0.1, 0.15) is 32.1 Å². The largest absolute Gasteiger partial charge is 0.491 e. The zero-order valence-electron chi connectivity index (χ0n) is 10.8. The zero-order chi connectivity index (χ0) is 12.6. The van der Waals surface area contributed by atoms with Gasteiger partial charge in [0.25, 0.3) is 0 Å². The van der Waals surface area contributed by atoms with Crippen LogP contribution in [0.25, 0.3) is 0 Å². The Morgan fingerprint density at radius 2 is 1.89 bits per heavy atom. The molecule has 1 aromatic rings. The van der Waals surface area contributed by atoms with Crippen molar-refractivity contribution in [2.24, 2.45) is 0 Å². The molecule has 18 heavy (non-hydrogen) atoms. The van der Waals surface area contributed by atoms with Crippen molar-refractivity contribution in [2.45, 2.75) is 44.2 Å². The molecule has 0 spiro atoms. The molecule has 3 heteroatoms. The molecule has 3 nitrogen and oxygen atoms in total.